The van der Waals surface area contributed by atoms with Gasteiger partial charge in [-0.25, -0.2) is 0 Å². The van der Waals surface area contributed by atoms with Gasteiger partial charge in [-0.05, 0) is 6.42 Å². The predicted molar refractivity (Wildman–Crippen MR) is 51.9 cm³/mol. The molecule has 0 saturated carbocycles. The number of hydrogen-bond donors (Lipinski definition) is 0. The average Bonchev–Trinajstić information content (AvgIpc) is 2.19. The van der Waals surface area contributed by atoms with E-state index < -0.39 is 0 Å². The monoisotopic (exact) mass is 199 g/mol. The summed E-state index contributed by atoms with van der Waals surface area (Å²) in [6.45, 7) is 3.91. The lowest BCUT2D eigenvalue weighted by atomic mass is 10.1. The van der Waals surface area contributed by atoms with E-state index in [1.54, 1.807) is 4.90 Å². The van der Waals surface area contributed by atoms with Gasteiger partial charge in [-0.15, -0.1) is 0 Å². The normalized spacial score (nSPS) is 17.2. The lowest BCUT2D eigenvalue weighted by molar-refractivity contribution is -0.138. The van der Waals surface area contributed by atoms with Crippen LogP contribution < -0.4 is 0 Å². The van der Waals surface area contributed by atoms with E-state index in [-0.39, 0.29) is 18.3 Å². The van der Waals surface area contributed by atoms with Crippen molar-refractivity contribution in [1.82, 2.24) is 4.90 Å². The summed E-state index contributed by atoms with van der Waals surface area (Å²) >= 11 is 0. The number of ketones is 1. The Labute approximate surface area is 84.2 Å². The van der Waals surface area contributed by atoms with E-state index in [0.29, 0.717) is 32.5 Å². The molecule has 0 atom stereocenters. The zero-order valence-electron chi connectivity index (χ0n) is 8.62. The number of hydrogen-bond acceptors (Lipinski definition) is 3. The summed E-state index contributed by atoms with van der Waals surface area (Å²) in [6.07, 6.45) is 1.92. The summed E-state index contributed by atoms with van der Waals surface area (Å²) in [5.41, 5.74) is 0. The van der Waals surface area contributed by atoms with Crippen molar-refractivity contribution >= 4 is 11.7 Å². The molecule has 80 valence electrons. The average molecular weight is 199 g/mol. The van der Waals surface area contributed by atoms with Crippen molar-refractivity contribution < 1.29 is 14.3 Å². The highest BCUT2D eigenvalue weighted by atomic mass is 16.5. The van der Waals surface area contributed by atoms with Gasteiger partial charge < -0.3 is 9.64 Å². The molecule has 0 bridgehead atoms. The third-order valence-electron chi connectivity index (χ3n) is 2.25. The molecule has 0 aromatic rings. The fraction of sp³-hybridized carbons (Fsp3) is 0.800. The molecule has 1 aliphatic heterocycles. The smallest absolute Gasteiger partial charge is 0.248 e. The highest BCUT2D eigenvalue weighted by molar-refractivity contribution is 5.83. The Morgan fingerprint density at radius 3 is 2.64 bits per heavy atom. The van der Waals surface area contributed by atoms with Crippen molar-refractivity contribution in [1.29, 1.82) is 0 Å². The summed E-state index contributed by atoms with van der Waals surface area (Å²) in [5, 5.41) is 0. The number of carbonyl (C=O) groups is 2. The Kier molecular flexibility index (Phi) is 4.59. The number of piperidine rings is 1. The Morgan fingerprint density at radius 1 is 1.43 bits per heavy atom. The van der Waals surface area contributed by atoms with Crippen molar-refractivity contribution in [2.75, 3.05) is 26.3 Å². The number of ether oxygens (including phenoxy) is 1. The Balaban J connectivity index is 2.20. The predicted octanol–water partition coefficient (Wildman–Crippen LogP) is 0.605. The Morgan fingerprint density at radius 2 is 2.07 bits per heavy atom. The van der Waals surface area contributed by atoms with E-state index in [4.69, 9.17) is 4.74 Å². The van der Waals surface area contributed by atoms with Crippen molar-refractivity contribution in [2.24, 2.45) is 0 Å². The number of carbonyl (C=O) groups excluding carboxylic acids is 2. The second-order valence-corrected chi connectivity index (χ2v) is 3.47. The summed E-state index contributed by atoms with van der Waals surface area (Å²) in [7, 11) is 0. The molecule has 1 amide bonds. The van der Waals surface area contributed by atoms with E-state index >= 15 is 0 Å². The number of likely N-dealkylation sites (tertiary alicyclic amines) is 1. The molecule has 0 N–H and O–H groups in total. The molecule has 0 aliphatic carbocycles. The number of rotatable bonds is 4. The van der Waals surface area contributed by atoms with Crippen LogP contribution >= 0.6 is 0 Å². The molecule has 1 aliphatic rings. The lowest BCUT2D eigenvalue weighted by Gasteiger charge is -2.25. The van der Waals surface area contributed by atoms with E-state index in [1.807, 2.05) is 6.92 Å². The molecule has 1 fully saturated rings. The number of nitrogens with zero attached hydrogens (tertiary/aromatic N) is 1. The lowest BCUT2D eigenvalue weighted by Crippen LogP contribution is -2.40. The zero-order chi connectivity index (χ0) is 10.4. The van der Waals surface area contributed by atoms with Crippen LogP contribution in [-0.2, 0) is 14.3 Å². The van der Waals surface area contributed by atoms with Gasteiger partial charge in [0.15, 0.2) is 0 Å². The maximum Gasteiger partial charge on any atom is 0.248 e. The second kappa shape index (κ2) is 5.75. The highest BCUT2D eigenvalue weighted by Crippen LogP contribution is 2.05. The molecule has 0 spiro atoms. The highest BCUT2D eigenvalue weighted by Gasteiger charge is 2.20. The topological polar surface area (TPSA) is 46.6 Å². The van der Waals surface area contributed by atoms with Crippen molar-refractivity contribution in [2.45, 2.75) is 26.2 Å². The molecule has 4 nitrogen and oxygen atoms in total. The van der Waals surface area contributed by atoms with Gasteiger partial charge in [0.25, 0.3) is 0 Å². The van der Waals surface area contributed by atoms with E-state index in [9.17, 15) is 9.59 Å². The van der Waals surface area contributed by atoms with E-state index in [2.05, 4.69) is 0 Å². The van der Waals surface area contributed by atoms with Crippen LogP contribution in [0.15, 0.2) is 0 Å². The second-order valence-electron chi connectivity index (χ2n) is 3.47. The zero-order valence-corrected chi connectivity index (χ0v) is 8.62. The molecule has 0 radical (unpaired) electrons. The Hall–Kier alpha value is -0.900. The first-order chi connectivity index (χ1) is 6.74. The van der Waals surface area contributed by atoms with Gasteiger partial charge in [-0.1, -0.05) is 6.92 Å². The van der Waals surface area contributed by atoms with Gasteiger partial charge in [0, 0.05) is 32.5 Å². The van der Waals surface area contributed by atoms with Gasteiger partial charge in [0.2, 0.25) is 5.91 Å². The van der Waals surface area contributed by atoms with Crippen LogP contribution in [0.4, 0.5) is 0 Å². The quantitative estimate of drug-likeness (QED) is 0.623. The van der Waals surface area contributed by atoms with Gasteiger partial charge >= 0.3 is 0 Å². The third-order valence-corrected chi connectivity index (χ3v) is 2.25. The SMILES string of the molecule is CCCOCC(=O)N1CCC(=O)CC1. The molecular weight excluding hydrogens is 182 g/mol. The minimum absolute atomic E-state index is 0.00551. The van der Waals surface area contributed by atoms with Crippen LogP contribution in [0.1, 0.15) is 26.2 Å². The molecule has 0 aromatic heterocycles. The maximum atomic E-state index is 11.5. The first-order valence-electron chi connectivity index (χ1n) is 5.11. The number of Topliss-reactive ketones (excluding diaryl/α,β-unsaturated/α-hetero) is 1. The van der Waals surface area contributed by atoms with Crippen LogP contribution in [0.2, 0.25) is 0 Å². The van der Waals surface area contributed by atoms with Crippen molar-refractivity contribution in [3.63, 3.8) is 0 Å². The van der Waals surface area contributed by atoms with Crippen LogP contribution in [-0.4, -0.2) is 42.9 Å². The van der Waals surface area contributed by atoms with Crippen molar-refractivity contribution in [3.8, 4) is 0 Å². The van der Waals surface area contributed by atoms with Crippen LogP contribution in [0.3, 0.4) is 0 Å². The van der Waals surface area contributed by atoms with Gasteiger partial charge in [-0.2, -0.15) is 0 Å². The molecule has 1 heterocycles. The Bertz CT molecular complexity index is 205. The van der Waals surface area contributed by atoms with Crippen LogP contribution in [0, 0.1) is 0 Å². The molecule has 0 unspecified atom stereocenters. The molecule has 4 heteroatoms. The minimum atomic E-state index is 0.00551. The summed E-state index contributed by atoms with van der Waals surface area (Å²) in [4.78, 5) is 24.1. The fourth-order valence-electron chi connectivity index (χ4n) is 1.40. The third kappa shape index (κ3) is 3.46. The largest absolute Gasteiger partial charge is 0.372 e. The molecule has 14 heavy (non-hydrogen) atoms. The van der Waals surface area contributed by atoms with E-state index in [1.165, 1.54) is 0 Å². The summed E-state index contributed by atoms with van der Waals surface area (Å²) < 4.78 is 5.15. The molecule has 1 rings (SSSR count). The van der Waals surface area contributed by atoms with Crippen LogP contribution in [0.5, 0.6) is 0 Å². The number of amides is 1. The van der Waals surface area contributed by atoms with Gasteiger partial charge in [0.1, 0.15) is 12.4 Å². The summed E-state index contributed by atoms with van der Waals surface area (Å²) in [6, 6.07) is 0. The first-order valence-corrected chi connectivity index (χ1v) is 5.11. The molecule has 0 aromatic carbocycles. The minimum Gasteiger partial charge on any atom is -0.372 e. The first kappa shape index (κ1) is 11.2. The molecule has 1 saturated heterocycles. The van der Waals surface area contributed by atoms with Crippen LogP contribution in [0.25, 0.3) is 0 Å². The fourth-order valence-corrected chi connectivity index (χ4v) is 1.40. The maximum absolute atomic E-state index is 11.5. The van der Waals surface area contributed by atoms with Crippen molar-refractivity contribution in [3.05, 3.63) is 0 Å². The molecular formula is C10H17NO3. The standard InChI is InChI=1S/C10H17NO3/c1-2-7-14-8-10(13)11-5-3-9(12)4-6-11/h2-8H2,1H3. The van der Waals surface area contributed by atoms with E-state index in [0.717, 1.165) is 6.42 Å². The summed E-state index contributed by atoms with van der Waals surface area (Å²) in [5.74, 6) is 0.259. The van der Waals surface area contributed by atoms with Gasteiger partial charge in [0.05, 0.1) is 0 Å². The van der Waals surface area contributed by atoms with Gasteiger partial charge in [-0.3, -0.25) is 9.59 Å².